The summed E-state index contributed by atoms with van der Waals surface area (Å²) in [5, 5.41) is 6.37. The predicted molar refractivity (Wildman–Crippen MR) is 106 cm³/mol. The van der Waals surface area contributed by atoms with Gasteiger partial charge in [-0.1, -0.05) is 18.2 Å². The normalized spacial score (nSPS) is 23.9. The quantitative estimate of drug-likeness (QED) is 0.818. The summed E-state index contributed by atoms with van der Waals surface area (Å²) in [6, 6.07) is 10.3. The Morgan fingerprint density at radius 2 is 1.78 bits per heavy atom. The van der Waals surface area contributed by atoms with Gasteiger partial charge in [0.2, 0.25) is 11.8 Å². The molecule has 6 nitrogen and oxygen atoms in total. The maximum atomic E-state index is 12.5. The second kappa shape index (κ2) is 7.89. The van der Waals surface area contributed by atoms with Gasteiger partial charge in [0.15, 0.2) is 0 Å². The maximum absolute atomic E-state index is 12.5. The molecule has 0 aromatic heterocycles. The third-order valence-electron chi connectivity index (χ3n) is 6.50. The zero-order chi connectivity index (χ0) is 18.7. The van der Waals surface area contributed by atoms with Crippen molar-refractivity contribution in [1.29, 1.82) is 0 Å². The number of carbonyl (C=O) groups is 2. The highest BCUT2D eigenvalue weighted by Crippen LogP contribution is 2.58. The average Bonchev–Trinajstić information content (AvgIpc) is 3.42. The number of anilines is 1. The summed E-state index contributed by atoms with van der Waals surface area (Å²) < 4.78 is 0. The Hall–Kier alpha value is -2.08. The lowest BCUT2D eigenvalue weighted by Gasteiger charge is -2.36. The number of piperazine rings is 1. The average molecular weight is 370 g/mol. The number of amides is 2. The molecule has 3 aliphatic rings. The molecule has 2 amide bonds. The summed E-state index contributed by atoms with van der Waals surface area (Å²) in [5.74, 6) is 0.470. The fourth-order valence-corrected chi connectivity index (χ4v) is 4.62. The van der Waals surface area contributed by atoms with Crippen LogP contribution < -0.4 is 15.5 Å². The Kier molecular flexibility index (Phi) is 5.34. The van der Waals surface area contributed by atoms with E-state index in [1.807, 2.05) is 23.1 Å². The molecule has 4 rings (SSSR count). The van der Waals surface area contributed by atoms with E-state index in [9.17, 15) is 9.59 Å². The Bertz CT molecular complexity index is 664. The van der Waals surface area contributed by atoms with Gasteiger partial charge in [-0.2, -0.15) is 0 Å². The second-order valence-corrected chi connectivity index (χ2v) is 8.11. The molecule has 2 aliphatic heterocycles. The van der Waals surface area contributed by atoms with Crippen molar-refractivity contribution in [3.63, 3.8) is 0 Å². The van der Waals surface area contributed by atoms with E-state index in [1.165, 1.54) is 5.69 Å². The SMILES string of the molecule is O=C(NCCC(=O)N1CCN(c2ccccc2)CC1)C1CC12CCNCC2. The van der Waals surface area contributed by atoms with E-state index in [0.29, 0.717) is 13.0 Å². The molecular weight excluding hydrogens is 340 g/mol. The highest BCUT2D eigenvalue weighted by molar-refractivity contribution is 5.83. The summed E-state index contributed by atoms with van der Waals surface area (Å²) in [6.07, 6.45) is 3.64. The first-order valence-corrected chi connectivity index (χ1v) is 10.2. The van der Waals surface area contributed by atoms with Crippen molar-refractivity contribution in [3.8, 4) is 0 Å². The number of piperidine rings is 1. The van der Waals surface area contributed by atoms with Crippen LogP contribution in [0.2, 0.25) is 0 Å². The minimum absolute atomic E-state index is 0.149. The van der Waals surface area contributed by atoms with Gasteiger partial charge in [-0.25, -0.2) is 0 Å². The van der Waals surface area contributed by atoms with E-state index >= 15 is 0 Å². The Morgan fingerprint density at radius 1 is 1.07 bits per heavy atom. The van der Waals surface area contributed by atoms with Crippen LogP contribution in [0.5, 0.6) is 0 Å². The maximum Gasteiger partial charge on any atom is 0.224 e. The smallest absolute Gasteiger partial charge is 0.224 e. The van der Waals surface area contributed by atoms with Crippen LogP contribution >= 0.6 is 0 Å². The van der Waals surface area contributed by atoms with Crippen molar-refractivity contribution in [1.82, 2.24) is 15.5 Å². The number of hydrogen-bond acceptors (Lipinski definition) is 4. The molecule has 0 bridgehead atoms. The molecule has 1 unspecified atom stereocenters. The van der Waals surface area contributed by atoms with Gasteiger partial charge in [0.25, 0.3) is 0 Å². The van der Waals surface area contributed by atoms with E-state index < -0.39 is 0 Å². The fourth-order valence-electron chi connectivity index (χ4n) is 4.62. The Balaban J connectivity index is 1.16. The van der Waals surface area contributed by atoms with Gasteiger partial charge < -0.3 is 20.4 Å². The predicted octanol–water partition coefficient (Wildman–Crippen LogP) is 1.23. The molecule has 1 aromatic rings. The van der Waals surface area contributed by atoms with Crippen LogP contribution in [0.15, 0.2) is 30.3 Å². The monoisotopic (exact) mass is 370 g/mol. The number of hydrogen-bond donors (Lipinski definition) is 2. The van der Waals surface area contributed by atoms with Crippen LogP contribution in [0.25, 0.3) is 0 Å². The summed E-state index contributed by atoms with van der Waals surface area (Å²) >= 11 is 0. The number of nitrogens with one attached hydrogen (secondary N) is 2. The number of para-hydroxylation sites is 1. The molecule has 1 aromatic carbocycles. The minimum Gasteiger partial charge on any atom is -0.368 e. The van der Waals surface area contributed by atoms with Crippen molar-refractivity contribution < 1.29 is 9.59 Å². The topological polar surface area (TPSA) is 64.7 Å². The number of benzene rings is 1. The lowest BCUT2D eigenvalue weighted by atomic mass is 9.92. The highest BCUT2D eigenvalue weighted by Gasteiger charge is 2.57. The van der Waals surface area contributed by atoms with E-state index in [1.54, 1.807) is 0 Å². The van der Waals surface area contributed by atoms with E-state index in [0.717, 1.165) is 58.5 Å². The third-order valence-corrected chi connectivity index (χ3v) is 6.50. The minimum atomic E-state index is 0.149. The summed E-state index contributed by atoms with van der Waals surface area (Å²) in [6.45, 7) is 5.73. The van der Waals surface area contributed by atoms with Gasteiger partial charge in [-0.3, -0.25) is 9.59 Å². The molecule has 1 aliphatic carbocycles. The van der Waals surface area contributed by atoms with Crippen LogP contribution in [-0.2, 0) is 9.59 Å². The van der Waals surface area contributed by atoms with Gasteiger partial charge >= 0.3 is 0 Å². The summed E-state index contributed by atoms with van der Waals surface area (Å²) in [4.78, 5) is 29.1. The van der Waals surface area contributed by atoms with E-state index in [2.05, 4.69) is 27.7 Å². The largest absolute Gasteiger partial charge is 0.368 e. The van der Waals surface area contributed by atoms with Crippen LogP contribution in [0.1, 0.15) is 25.7 Å². The van der Waals surface area contributed by atoms with Gasteiger partial charge in [0.1, 0.15) is 0 Å². The zero-order valence-corrected chi connectivity index (χ0v) is 16.0. The van der Waals surface area contributed by atoms with Gasteiger partial charge in [0.05, 0.1) is 0 Å². The van der Waals surface area contributed by atoms with Gasteiger partial charge in [-0.15, -0.1) is 0 Å². The molecule has 6 heteroatoms. The first-order valence-electron chi connectivity index (χ1n) is 10.2. The van der Waals surface area contributed by atoms with Crippen LogP contribution in [0.4, 0.5) is 5.69 Å². The Labute approximate surface area is 161 Å². The molecule has 2 N–H and O–H groups in total. The van der Waals surface area contributed by atoms with Crippen molar-refractivity contribution in [3.05, 3.63) is 30.3 Å². The van der Waals surface area contributed by atoms with E-state index in [4.69, 9.17) is 0 Å². The van der Waals surface area contributed by atoms with Crippen molar-refractivity contribution in [2.24, 2.45) is 11.3 Å². The molecule has 1 saturated carbocycles. The molecule has 3 fully saturated rings. The van der Waals surface area contributed by atoms with Crippen LogP contribution in [-0.4, -0.2) is 62.5 Å². The van der Waals surface area contributed by atoms with Crippen LogP contribution in [0, 0.1) is 11.3 Å². The molecule has 1 spiro atoms. The lowest BCUT2D eigenvalue weighted by molar-refractivity contribution is -0.131. The van der Waals surface area contributed by atoms with Gasteiger partial charge in [0, 0.05) is 50.7 Å². The Morgan fingerprint density at radius 3 is 2.48 bits per heavy atom. The lowest BCUT2D eigenvalue weighted by Crippen LogP contribution is -2.49. The fraction of sp³-hybridized carbons (Fsp3) is 0.619. The first-order chi connectivity index (χ1) is 13.2. The molecule has 0 radical (unpaired) electrons. The van der Waals surface area contributed by atoms with E-state index in [-0.39, 0.29) is 23.1 Å². The number of rotatable bonds is 5. The summed E-state index contributed by atoms with van der Waals surface area (Å²) in [5.41, 5.74) is 1.47. The number of carbonyl (C=O) groups excluding carboxylic acids is 2. The van der Waals surface area contributed by atoms with Crippen molar-refractivity contribution in [2.45, 2.75) is 25.7 Å². The standard InChI is InChI=1S/C21H30N4O2/c26-19(25-14-12-24(13-15-25)17-4-2-1-3-5-17)6-9-23-20(27)18-16-21(18)7-10-22-11-8-21/h1-5,18,22H,6-16H2,(H,23,27). The molecule has 2 heterocycles. The first kappa shape index (κ1) is 18.3. The van der Waals surface area contributed by atoms with Crippen LogP contribution in [0.3, 0.4) is 0 Å². The summed E-state index contributed by atoms with van der Waals surface area (Å²) in [7, 11) is 0. The molecule has 27 heavy (non-hydrogen) atoms. The molecule has 1 atom stereocenters. The van der Waals surface area contributed by atoms with Crippen molar-refractivity contribution >= 4 is 17.5 Å². The third kappa shape index (κ3) is 4.10. The highest BCUT2D eigenvalue weighted by atomic mass is 16.2. The van der Waals surface area contributed by atoms with Gasteiger partial charge in [-0.05, 0) is 49.9 Å². The zero-order valence-electron chi connectivity index (χ0n) is 16.0. The van der Waals surface area contributed by atoms with Crippen molar-refractivity contribution in [2.75, 3.05) is 50.7 Å². The molecular formula is C21H30N4O2. The number of nitrogens with zero attached hydrogens (tertiary/aromatic N) is 2. The second-order valence-electron chi connectivity index (χ2n) is 8.11. The molecule has 2 saturated heterocycles. The molecule has 146 valence electrons.